The molecule has 106 valence electrons. The van der Waals surface area contributed by atoms with Crippen LogP contribution in [0.25, 0.3) is 11.2 Å². The van der Waals surface area contributed by atoms with Crippen molar-refractivity contribution in [3.63, 3.8) is 0 Å². The molecule has 0 amide bonds. The third-order valence-electron chi connectivity index (χ3n) is 4.20. The fourth-order valence-corrected chi connectivity index (χ4v) is 3.14. The Morgan fingerprint density at radius 2 is 2.25 bits per heavy atom. The van der Waals surface area contributed by atoms with Gasteiger partial charge in [0.1, 0.15) is 5.52 Å². The summed E-state index contributed by atoms with van der Waals surface area (Å²) in [5, 5.41) is 3.64. The van der Waals surface area contributed by atoms with E-state index in [0.29, 0.717) is 11.6 Å². The normalized spacial score (nSPS) is 23.6. The summed E-state index contributed by atoms with van der Waals surface area (Å²) < 4.78 is 0. The molecule has 2 N–H and O–H groups in total. The second kappa shape index (κ2) is 4.86. The molecule has 3 heterocycles. The van der Waals surface area contributed by atoms with Crippen LogP contribution in [0.5, 0.6) is 0 Å². The highest BCUT2D eigenvalue weighted by Crippen LogP contribution is 2.31. The van der Waals surface area contributed by atoms with Crippen molar-refractivity contribution in [2.24, 2.45) is 5.92 Å². The van der Waals surface area contributed by atoms with Gasteiger partial charge in [-0.25, -0.2) is 4.98 Å². The summed E-state index contributed by atoms with van der Waals surface area (Å²) in [6, 6.07) is 0.868. The van der Waals surface area contributed by atoms with E-state index in [0.717, 1.165) is 23.9 Å². The Hall–Kier alpha value is -1.40. The summed E-state index contributed by atoms with van der Waals surface area (Å²) in [5.74, 6) is 1.43. The first-order valence-corrected chi connectivity index (χ1v) is 7.52. The summed E-state index contributed by atoms with van der Waals surface area (Å²) in [6.45, 7) is 3.36. The van der Waals surface area contributed by atoms with Crippen molar-refractivity contribution in [2.45, 2.75) is 25.3 Å². The average Bonchev–Trinajstić information content (AvgIpc) is 2.99. The highest BCUT2D eigenvalue weighted by atomic mass is 35.5. The van der Waals surface area contributed by atoms with Crippen molar-refractivity contribution >= 4 is 28.6 Å². The molecular weight excluding hydrogens is 276 g/mol. The fraction of sp³-hybridized carbons (Fsp3) is 0.615. The minimum Gasteiger partial charge on any atom is -0.368 e. The van der Waals surface area contributed by atoms with Gasteiger partial charge in [-0.15, -0.1) is 0 Å². The molecule has 6 nitrogen and oxygen atoms in total. The molecule has 20 heavy (non-hydrogen) atoms. The van der Waals surface area contributed by atoms with E-state index in [4.69, 9.17) is 11.6 Å². The molecule has 2 aliphatic rings. The number of hydrogen-bond donors (Lipinski definition) is 2. The molecule has 0 aromatic carbocycles. The lowest BCUT2D eigenvalue weighted by Gasteiger charge is -2.15. The number of likely N-dealkylation sites (tertiary alicyclic amines) is 1. The van der Waals surface area contributed by atoms with Crippen LogP contribution in [-0.4, -0.2) is 50.5 Å². The van der Waals surface area contributed by atoms with Gasteiger partial charge in [0.15, 0.2) is 11.5 Å². The Labute approximate surface area is 122 Å². The summed E-state index contributed by atoms with van der Waals surface area (Å²) in [7, 11) is 0. The van der Waals surface area contributed by atoms with Gasteiger partial charge < -0.3 is 15.2 Å². The van der Waals surface area contributed by atoms with Crippen molar-refractivity contribution < 1.29 is 0 Å². The van der Waals surface area contributed by atoms with Gasteiger partial charge in [-0.1, -0.05) is 0 Å². The van der Waals surface area contributed by atoms with Gasteiger partial charge in [0.05, 0.1) is 6.33 Å². The van der Waals surface area contributed by atoms with Gasteiger partial charge in [-0.3, -0.25) is 0 Å². The molecule has 4 rings (SSSR count). The monoisotopic (exact) mass is 292 g/mol. The number of H-pyrrole nitrogens is 1. The second-order valence-corrected chi connectivity index (χ2v) is 6.04. The van der Waals surface area contributed by atoms with E-state index in [-0.39, 0.29) is 5.28 Å². The zero-order valence-corrected chi connectivity index (χ0v) is 11.9. The van der Waals surface area contributed by atoms with Crippen LogP contribution in [0.2, 0.25) is 5.28 Å². The standard InChI is InChI=1S/C13H17ClN6/c14-13-18-11(10-12(19-13)17-7-16-10)15-5-8-3-4-20(6-8)9-1-2-9/h7-9H,1-6H2,(H2,15,16,17,18,19). The topological polar surface area (TPSA) is 69.7 Å². The van der Waals surface area contributed by atoms with E-state index < -0.39 is 0 Å². The zero-order chi connectivity index (χ0) is 13.5. The van der Waals surface area contributed by atoms with Crippen LogP contribution in [-0.2, 0) is 0 Å². The molecule has 2 aromatic heterocycles. The van der Waals surface area contributed by atoms with Crippen LogP contribution >= 0.6 is 11.6 Å². The molecule has 1 saturated carbocycles. The molecule has 1 aliphatic heterocycles. The van der Waals surface area contributed by atoms with Crippen LogP contribution in [0.15, 0.2) is 6.33 Å². The van der Waals surface area contributed by atoms with Crippen molar-refractivity contribution in [1.29, 1.82) is 0 Å². The number of halogens is 1. The van der Waals surface area contributed by atoms with Gasteiger partial charge in [0, 0.05) is 19.1 Å². The third kappa shape index (κ3) is 2.33. The molecule has 1 aliphatic carbocycles. The Morgan fingerprint density at radius 3 is 3.10 bits per heavy atom. The maximum absolute atomic E-state index is 5.92. The van der Waals surface area contributed by atoms with E-state index in [1.807, 2.05) is 0 Å². The Bertz CT molecular complexity index is 622. The lowest BCUT2D eigenvalue weighted by molar-refractivity contribution is 0.316. The molecular formula is C13H17ClN6. The van der Waals surface area contributed by atoms with Crippen LogP contribution in [0.1, 0.15) is 19.3 Å². The van der Waals surface area contributed by atoms with E-state index >= 15 is 0 Å². The van der Waals surface area contributed by atoms with Crippen molar-refractivity contribution in [3.05, 3.63) is 11.6 Å². The van der Waals surface area contributed by atoms with Crippen molar-refractivity contribution in [1.82, 2.24) is 24.8 Å². The number of imidazole rings is 1. The second-order valence-electron chi connectivity index (χ2n) is 5.70. The molecule has 1 saturated heterocycles. The Morgan fingerprint density at radius 1 is 1.35 bits per heavy atom. The van der Waals surface area contributed by atoms with Crippen molar-refractivity contribution in [2.75, 3.05) is 25.0 Å². The van der Waals surface area contributed by atoms with Gasteiger partial charge in [-0.05, 0) is 43.3 Å². The summed E-state index contributed by atoms with van der Waals surface area (Å²) in [5.41, 5.74) is 1.44. The molecule has 2 aromatic rings. The van der Waals surface area contributed by atoms with Crippen LogP contribution in [0.4, 0.5) is 5.82 Å². The van der Waals surface area contributed by atoms with E-state index in [1.165, 1.54) is 32.4 Å². The summed E-state index contributed by atoms with van der Waals surface area (Å²) in [6.07, 6.45) is 5.65. The third-order valence-corrected chi connectivity index (χ3v) is 4.37. The first-order chi connectivity index (χ1) is 9.79. The van der Waals surface area contributed by atoms with E-state index in [1.54, 1.807) is 6.33 Å². The van der Waals surface area contributed by atoms with Crippen molar-refractivity contribution in [3.8, 4) is 0 Å². The van der Waals surface area contributed by atoms with Gasteiger partial charge >= 0.3 is 0 Å². The first kappa shape index (κ1) is 12.3. The molecule has 1 atom stereocenters. The number of fused-ring (bicyclic) bond motifs is 1. The van der Waals surface area contributed by atoms with E-state index in [2.05, 4.69) is 30.2 Å². The molecule has 0 radical (unpaired) electrons. The number of nitrogens with one attached hydrogen (secondary N) is 2. The first-order valence-electron chi connectivity index (χ1n) is 7.14. The minimum absolute atomic E-state index is 0.234. The quantitative estimate of drug-likeness (QED) is 0.842. The Kier molecular flexibility index (Phi) is 3.00. The number of aromatic nitrogens is 4. The predicted molar refractivity (Wildman–Crippen MR) is 77.9 cm³/mol. The molecule has 0 spiro atoms. The number of hydrogen-bond acceptors (Lipinski definition) is 5. The average molecular weight is 293 g/mol. The largest absolute Gasteiger partial charge is 0.368 e. The van der Waals surface area contributed by atoms with Gasteiger partial charge in [-0.2, -0.15) is 9.97 Å². The number of rotatable bonds is 4. The maximum Gasteiger partial charge on any atom is 0.226 e. The fourth-order valence-electron chi connectivity index (χ4n) is 2.98. The molecule has 0 bridgehead atoms. The minimum atomic E-state index is 0.234. The number of anilines is 1. The lowest BCUT2D eigenvalue weighted by atomic mass is 10.1. The molecule has 2 fully saturated rings. The number of aromatic amines is 1. The molecule has 1 unspecified atom stereocenters. The highest BCUT2D eigenvalue weighted by molar-refractivity contribution is 6.28. The highest BCUT2D eigenvalue weighted by Gasteiger charge is 2.34. The zero-order valence-electron chi connectivity index (χ0n) is 11.1. The van der Waals surface area contributed by atoms with Crippen LogP contribution in [0.3, 0.4) is 0 Å². The summed E-state index contributed by atoms with van der Waals surface area (Å²) in [4.78, 5) is 18.1. The SMILES string of the molecule is Clc1nc(NCC2CCN(C3CC3)C2)c2[nH]cnc2n1. The number of nitrogens with zero attached hydrogens (tertiary/aromatic N) is 4. The van der Waals surface area contributed by atoms with E-state index in [9.17, 15) is 0 Å². The van der Waals surface area contributed by atoms with Gasteiger partial charge in [0.25, 0.3) is 0 Å². The molecule has 7 heteroatoms. The lowest BCUT2D eigenvalue weighted by Crippen LogP contribution is -2.25. The van der Waals surface area contributed by atoms with Crippen LogP contribution < -0.4 is 5.32 Å². The Balaban J connectivity index is 1.44. The maximum atomic E-state index is 5.92. The van der Waals surface area contributed by atoms with Gasteiger partial charge in [0.2, 0.25) is 5.28 Å². The summed E-state index contributed by atoms with van der Waals surface area (Å²) >= 11 is 5.92. The smallest absolute Gasteiger partial charge is 0.226 e. The predicted octanol–water partition coefficient (Wildman–Crippen LogP) is 1.90. The van der Waals surface area contributed by atoms with Crippen LogP contribution in [0, 0.1) is 5.92 Å².